The Bertz CT molecular complexity index is 831. The van der Waals surface area contributed by atoms with Crippen molar-refractivity contribution < 1.29 is 4.79 Å². The molecule has 2 fully saturated rings. The topological polar surface area (TPSA) is 49.6 Å². The molecule has 29 heavy (non-hydrogen) atoms. The molecule has 0 bridgehead atoms. The molecular weight excluding hydrogens is 358 g/mol. The number of benzene rings is 2. The van der Waals surface area contributed by atoms with Crippen LogP contribution in [-0.2, 0) is 0 Å². The van der Waals surface area contributed by atoms with Gasteiger partial charge in [0, 0.05) is 43.8 Å². The molecule has 0 spiro atoms. The number of hydrogen-bond acceptors (Lipinski definition) is 3. The van der Waals surface area contributed by atoms with Gasteiger partial charge in [-0.05, 0) is 55.7 Å². The van der Waals surface area contributed by atoms with E-state index in [1.165, 1.54) is 5.56 Å². The van der Waals surface area contributed by atoms with Crippen LogP contribution in [-0.4, -0.2) is 47.9 Å². The number of amides is 1. The van der Waals surface area contributed by atoms with Gasteiger partial charge in [0.15, 0.2) is 0 Å². The van der Waals surface area contributed by atoms with Gasteiger partial charge >= 0.3 is 0 Å². The summed E-state index contributed by atoms with van der Waals surface area (Å²) in [6.45, 7) is 10.3. The highest BCUT2D eigenvalue weighted by atomic mass is 16.2. The summed E-state index contributed by atoms with van der Waals surface area (Å²) in [5.74, 6) is 1.37. The van der Waals surface area contributed by atoms with Gasteiger partial charge in [0.05, 0.1) is 0 Å². The van der Waals surface area contributed by atoms with Gasteiger partial charge in [-0.25, -0.2) is 0 Å². The lowest BCUT2D eigenvalue weighted by Crippen LogP contribution is -2.38. The van der Waals surface area contributed by atoms with E-state index in [2.05, 4.69) is 41.0 Å². The fraction of sp³-hybridized carbons (Fsp3) is 0.480. The molecule has 2 heterocycles. The van der Waals surface area contributed by atoms with Gasteiger partial charge < -0.3 is 10.6 Å². The molecule has 0 aromatic heterocycles. The number of hydrogen-bond donors (Lipinski definition) is 1. The lowest BCUT2D eigenvalue weighted by molar-refractivity contribution is 0.0768. The smallest absolute Gasteiger partial charge is 0.254 e. The predicted octanol–water partition coefficient (Wildman–Crippen LogP) is 3.79. The predicted molar refractivity (Wildman–Crippen MR) is 118 cm³/mol. The van der Waals surface area contributed by atoms with Gasteiger partial charge in [-0.2, -0.15) is 0 Å². The van der Waals surface area contributed by atoms with Gasteiger partial charge in [-0.3, -0.25) is 9.69 Å². The van der Waals surface area contributed by atoms with E-state index in [-0.39, 0.29) is 11.9 Å². The number of likely N-dealkylation sites (tertiary alicyclic amines) is 2. The van der Waals surface area contributed by atoms with Gasteiger partial charge in [0.25, 0.3) is 5.91 Å². The molecule has 4 nitrogen and oxygen atoms in total. The van der Waals surface area contributed by atoms with Crippen LogP contribution >= 0.6 is 0 Å². The lowest BCUT2D eigenvalue weighted by atomic mass is 10.0. The molecule has 1 amide bonds. The Morgan fingerprint density at radius 3 is 2.14 bits per heavy atom. The summed E-state index contributed by atoms with van der Waals surface area (Å²) in [7, 11) is 0. The normalized spacial score (nSPS) is 23.8. The van der Waals surface area contributed by atoms with Crippen LogP contribution in [0.5, 0.6) is 0 Å². The first kappa shape index (κ1) is 20.1. The minimum atomic E-state index is 0.0775. The zero-order valence-electron chi connectivity index (χ0n) is 17.8. The van der Waals surface area contributed by atoms with Crippen molar-refractivity contribution in [3.8, 4) is 0 Å². The molecule has 2 aromatic carbocycles. The van der Waals surface area contributed by atoms with Gasteiger partial charge in [0.1, 0.15) is 0 Å². The van der Waals surface area contributed by atoms with Crippen LogP contribution in [0.25, 0.3) is 0 Å². The Hall–Kier alpha value is -2.17. The molecule has 0 radical (unpaired) electrons. The van der Waals surface area contributed by atoms with E-state index in [0.717, 1.165) is 49.3 Å². The summed E-state index contributed by atoms with van der Waals surface area (Å²) in [5.41, 5.74) is 10.7. The van der Waals surface area contributed by atoms with Gasteiger partial charge in [-0.15, -0.1) is 0 Å². The van der Waals surface area contributed by atoms with E-state index >= 15 is 0 Å². The standard InChI is InChI=1S/C25H33N3O/c1-17-8-7-9-18(2)24(17)25(29)28-15-21-13-27(14-22(21)16-28)19(3)12-23(26)20-10-5-4-6-11-20/h4-11,19,21-23H,12-16,26H2,1-3H3. The average Bonchev–Trinajstić information content (AvgIpc) is 3.28. The summed E-state index contributed by atoms with van der Waals surface area (Å²) in [6, 6.07) is 17.0. The van der Waals surface area contributed by atoms with E-state index in [4.69, 9.17) is 5.73 Å². The zero-order valence-corrected chi connectivity index (χ0v) is 17.8. The van der Waals surface area contributed by atoms with E-state index in [9.17, 15) is 4.79 Å². The highest BCUT2D eigenvalue weighted by Crippen LogP contribution is 2.34. The summed E-state index contributed by atoms with van der Waals surface area (Å²) < 4.78 is 0. The first-order valence-electron chi connectivity index (χ1n) is 10.8. The van der Waals surface area contributed by atoms with E-state index in [1.807, 2.05) is 38.1 Å². The second kappa shape index (κ2) is 8.29. The van der Waals surface area contributed by atoms with Crippen LogP contribution in [0.2, 0.25) is 0 Å². The second-order valence-corrected chi connectivity index (χ2v) is 9.05. The summed E-state index contributed by atoms with van der Waals surface area (Å²) >= 11 is 0. The molecule has 2 aliphatic heterocycles. The number of aryl methyl sites for hydroxylation is 2. The maximum absolute atomic E-state index is 13.1. The number of nitrogens with zero attached hydrogens (tertiary/aromatic N) is 2. The van der Waals surface area contributed by atoms with Gasteiger partial charge in [0.2, 0.25) is 0 Å². The Labute approximate surface area is 174 Å². The third-order valence-electron chi connectivity index (χ3n) is 6.94. The lowest BCUT2D eigenvalue weighted by Gasteiger charge is -2.29. The molecule has 2 aromatic rings. The van der Waals surface area contributed by atoms with E-state index in [0.29, 0.717) is 17.9 Å². The minimum Gasteiger partial charge on any atom is -0.338 e. The fourth-order valence-corrected chi connectivity index (χ4v) is 5.22. The van der Waals surface area contributed by atoms with Crippen molar-refractivity contribution in [2.75, 3.05) is 26.2 Å². The fourth-order valence-electron chi connectivity index (χ4n) is 5.22. The maximum Gasteiger partial charge on any atom is 0.254 e. The Kier molecular flexibility index (Phi) is 5.75. The molecule has 0 saturated carbocycles. The highest BCUT2D eigenvalue weighted by molar-refractivity contribution is 5.97. The summed E-state index contributed by atoms with van der Waals surface area (Å²) in [5, 5.41) is 0. The molecule has 2 aliphatic rings. The molecule has 4 atom stereocenters. The van der Waals surface area contributed by atoms with Crippen LogP contribution in [0.1, 0.15) is 46.4 Å². The third-order valence-corrected chi connectivity index (χ3v) is 6.94. The van der Waals surface area contributed by atoms with Crippen molar-refractivity contribution in [1.82, 2.24) is 9.80 Å². The van der Waals surface area contributed by atoms with Crippen LogP contribution in [0.15, 0.2) is 48.5 Å². The monoisotopic (exact) mass is 391 g/mol. The Morgan fingerprint density at radius 2 is 1.55 bits per heavy atom. The first-order chi connectivity index (χ1) is 13.9. The summed E-state index contributed by atoms with van der Waals surface area (Å²) in [4.78, 5) is 17.8. The molecule has 4 rings (SSSR count). The quantitative estimate of drug-likeness (QED) is 0.844. The number of carbonyl (C=O) groups is 1. The van der Waals surface area contributed by atoms with Crippen LogP contribution in [0.3, 0.4) is 0 Å². The summed E-state index contributed by atoms with van der Waals surface area (Å²) in [6.07, 6.45) is 0.967. The van der Waals surface area contributed by atoms with E-state index < -0.39 is 0 Å². The molecule has 2 N–H and O–H groups in total. The van der Waals surface area contributed by atoms with Crippen molar-refractivity contribution in [1.29, 1.82) is 0 Å². The van der Waals surface area contributed by atoms with E-state index in [1.54, 1.807) is 0 Å². The van der Waals surface area contributed by atoms with Gasteiger partial charge in [-0.1, -0.05) is 48.5 Å². The number of nitrogens with two attached hydrogens (primary N) is 1. The highest BCUT2D eigenvalue weighted by Gasteiger charge is 2.43. The van der Waals surface area contributed by atoms with Crippen molar-refractivity contribution in [3.63, 3.8) is 0 Å². The van der Waals surface area contributed by atoms with Crippen molar-refractivity contribution in [3.05, 3.63) is 70.8 Å². The first-order valence-corrected chi connectivity index (χ1v) is 10.8. The number of carbonyl (C=O) groups excluding carboxylic acids is 1. The van der Waals surface area contributed by atoms with Crippen LogP contribution < -0.4 is 5.73 Å². The van der Waals surface area contributed by atoms with Crippen molar-refractivity contribution in [2.45, 2.75) is 39.3 Å². The molecule has 154 valence electrons. The van der Waals surface area contributed by atoms with Crippen LogP contribution in [0, 0.1) is 25.7 Å². The zero-order chi connectivity index (χ0) is 20.5. The number of fused-ring (bicyclic) bond motifs is 1. The number of rotatable bonds is 5. The van der Waals surface area contributed by atoms with Crippen molar-refractivity contribution in [2.24, 2.45) is 17.6 Å². The average molecular weight is 392 g/mol. The van der Waals surface area contributed by atoms with Crippen molar-refractivity contribution >= 4 is 5.91 Å². The minimum absolute atomic E-state index is 0.0775. The maximum atomic E-state index is 13.1. The SMILES string of the molecule is Cc1cccc(C)c1C(=O)N1CC2CN(C(C)CC(N)c3ccccc3)CC2C1. The van der Waals surface area contributed by atoms with Crippen LogP contribution in [0.4, 0.5) is 0 Å². The Morgan fingerprint density at radius 1 is 0.966 bits per heavy atom. The largest absolute Gasteiger partial charge is 0.338 e. The third kappa shape index (κ3) is 4.10. The molecule has 4 heteroatoms. The molecule has 2 saturated heterocycles. The molecular formula is C25H33N3O. The molecule has 0 aliphatic carbocycles. The second-order valence-electron chi connectivity index (χ2n) is 9.05. The Balaban J connectivity index is 1.34. The molecule has 4 unspecified atom stereocenters.